The number of likely N-dealkylation sites (tertiary alicyclic amines) is 1. The molecular formula is C28H34N4O3. The quantitative estimate of drug-likeness (QED) is 0.611. The second-order valence-electron chi connectivity index (χ2n) is 9.46. The molecule has 0 atom stereocenters. The Balaban J connectivity index is 1.80. The van der Waals surface area contributed by atoms with Crippen LogP contribution in [-0.4, -0.2) is 55.5 Å². The van der Waals surface area contributed by atoms with Crippen LogP contribution in [0.3, 0.4) is 0 Å². The van der Waals surface area contributed by atoms with Crippen LogP contribution in [0.1, 0.15) is 57.5 Å². The summed E-state index contributed by atoms with van der Waals surface area (Å²) in [7, 11) is 5.39. The van der Waals surface area contributed by atoms with Crippen LogP contribution >= 0.6 is 0 Å². The summed E-state index contributed by atoms with van der Waals surface area (Å²) < 4.78 is 1.76. The molecule has 2 amide bonds. The lowest BCUT2D eigenvalue weighted by atomic mass is 9.87. The fraction of sp³-hybridized carbons (Fsp3) is 0.393. The maximum Gasteiger partial charge on any atom is 0.258 e. The van der Waals surface area contributed by atoms with Gasteiger partial charge in [-0.1, -0.05) is 11.6 Å². The molecule has 0 spiro atoms. The molecule has 1 aliphatic rings. The van der Waals surface area contributed by atoms with Gasteiger partial charge in [0.1, 0.15) is 0 Å². The Morgan fingerprint density at radius 3 is 2.46 bits per heavy atom. The molecule has 2 aromatic carbocycles. The van der Waals surface area contributed by atoms with Crippen LogP contribution in [0.5, 0.6) is 0 Å². The zero-order valence-electron chi connectivity index (χ0n) is 21.2. The average molecular weight is 475 g/mol. The van der Waals surface area contributed by atoms with E-state index in [4.69, 9.17) is 0 Å². The van der Waals surface area contributed by atoms with E-state index in [9.17, 15) is 14.4 Å². The van der Waals surface area contributed by atoms with Crippen molar-refractivity contribution in [3.8, 4) is 0 Å². The van der Waals surface area contributed by atoms with E-state index in [2.05, 4.69) is 17.3 Å². The lowest BCUT2D eigenvalue weighted by Crippen LogP contribution is -2.31. The molecule has 4 rings (SSSR count). The van der Waals surface area contributed by atoms with Crippen molar-refractivity contribution < 1.29 is 9.59 Å². The zero-order valence-corrected chi connectivity index (χ0v) is 21.2. The molecule has 3 aromatic rings. The van der Waals surface area contributed by atoms with Gasteiger partial charge in [-0.25, -0.2) is 0 Å². The Kier molecular flexibility index (Phi) is 7.08. The minimum atomic E-state index is -0.238. The highest BCUT2D eigenvalue weighted by molar-refractivity contribution is 6.11. The summed E-state index contributed by atoms with van der Waals surface area (Å²) in [6.45, 7) is 6.41. The molecule has 0 radical (unpaired) electrons. The van der Waals surface area contributed by atoms with Gasteiger partial charge in [-0.2, -0.15) is 0 Å². The molecule has 0 saturated carbocycles. The Bertz CT molecular complexity index is 1340. The number of aryl methyl sites for hydroxylation is 2. The predicted octanol–water partition coefficient (Wildman–Crippen LogP) is 3.78. The van der Waals surface area contributed by atoms with Crippen molar-refractivity contribution in [3.05, 3.63) is 75.1 Å². The van der Waals surface area contributed by atoms with Crippen molar-refractivity contribution in [2.75, 3.05) is 39.1 Å². The maximum atomic E-state index is 13.6. The Morgan fingerprint density at radius 1 is 1.09 bits per heavy atom. The molecular weight excluding hydrogens is 440 g/mol. The number of piperidine rings is 1. The van der Waals surface area contributed by atoms with Gasteiger partial charge in [0.2, 0.25) is 0 Å². The number of amides is 2. The van der Waals surface area contributed by atoms with Gasteiger partial charge in [-0.3, -0.25) is 14.4 Å². The van der Waals surface area contributed by atoms with Gasteiger partial charge in [0, 0.05) is 37.7 Å². The number of hydrogen-bond acceptors (Lipinski definition) is 4. The molecule has 1 N–H and O–H groups in total. The molecule has 2 heterocycles. The molecule has 0 unspecified atom stereocenters. The van der Waals surface area contributed by atoms with E-state index >= 15 is 0 Å². The number of hydrogen-bond donors (Lipinski definition) is 1. The number of carbonyl (C=O) groups is 2. The first-order chi connectivity index (χ1) is 16.7. The number of carbonyl (C=O) groups excluding carboxylic acids is 2. The van der Waals surface area contributed by atoms with E-state index in [-0.39, 0.29) is 23.3 Å². The number of aromatic nitrogens is 1. The minimum Gasteiger partial charge on any atom is -0.355 e. The molecule has 7 nitrogen and oxygen atoms in total. The minimum absolute atomic E-state index is 0.00000199. The van der Waals surface area contributed by atoms with E-state index in [0.717, 1.165) is 48.0 Å². The molecule has 7 heteroatoms. The van der Waals surface area contributed by atoms with Crippen LogP contribution in [0.2, 0.25) is 0 Å². The second-order valence-corrected chi connectivity index (χ2v) is 9.46. The highest BCUT2D eigenvalue weighted by Gasteiger charge is 2.24. The van der Waals surface area contributed by atoms with Crippen molar-refractivity contribution in [2.45, 2.75) is 39.2 Å². The molecule has 0 bridgehead atoms. The first-order valence-corrected chi connectivity index (χ1v) is 12.2. The maximum absolute atomic E-state index is 13.6. The Morgan fingerprint density at radius 2 is 1.80 bits per heavy atom. The van der Waals surface area contributed by atoms with E-state index in [1.54, 1.807) is 42.9 Å². The third-order valence-corrected chi connectivity index (χ3v) is 7.15. The van der Waals surface area contributed by atoms with Gasteiger partial charge in [0.15, 0.2) is 0 Å². The largest absolute Gasteiger partial charge is 0.355 e. The third kappa shape index (κ3) is 4.73. The topological polar surface area (TPSA) is 74.7 Å². The van der Waals surface area contributed by atoms with Crippen molar-refractivity contribution in [1.82, 2.24) is 14.8 Å². The van der Waals surface area contributed by atoms with E-state index in [1.165, 1.54) is 4.90 Å². The fourth-order valence-corrected chi connectivity index (χ4v) is 5.09. The number of rotatable bonds is 5. The summed E-state index contributed by atoms with van der Waals surface area (Å²) in [5.41, 5.74) is 4.36. The summed E-state index contributed by atoms with van der Waals surface area (Å²) in [4.78, 5) is 42.8. The van der Waals surface area contributed by atoms with Gasteiger partial charge in [-0.15, -0.1) is 0 Å². The number of fused-ring (bicyclic) bond motifs is 1. The van der Waals surface area contributed by atoms with E-state index in [0.29, 0.717) is 23.4 Å². The predicted molar refractivity (Wildman–Crippen MR) is 141 cm³/mol. The second kappa shape index (κ2) is 10.0. The number of nitrogens with zero attached hydrogens (tertiary/aromatic N) is 3. The molecule has 0 aliphatic carbocycles. The Hall–Kier alpha value is -3.45. The van der Waals surface area contributed by atoms with Crippen LogP contribution in [0.15, 0.2) is 47.3 Å². The normalized spacial score (nSPS) is 14.8. The van der Waals surface area contributed by atoms with Crippen LogP contribution in [-0.2, 0) is 6.54 Å². The first-order valence-electron chi connectivity index (χ1n) is 12.2. The van der Waals surface area contributed by atoms with Crippen molar-refractivity contribution >= 4 is 28.4 Å². The van der Waals surface area contributed by atoms with Gasteiger partial charge < -0.3 is 19.7 Å². The molecule has 35 heavy (non-hydrogen) atoms. The van der Waals surface area contributed by atoms with Gasteiger partial charge in [-0.05, 0) is 88.6 Å². The summed E-state index contributed by atoms with van der Waals surface area (Å²) in [6.07, 6.45) is 1.97. The van der Waals surface area contributed by atoms with Gasteiger partial charge >= 0.3 is 0 Å². The highest BCUT2D eigenvalue weighted by Crippen LogP contribution is 2.33. The Labute approximate surface area is 206 Å². The number of nitrogens with one attached hydrogen (secondary N) is 1. The smallest absolute Gasteiger partial charge is 0.258 e. The first kappa shape index (κ1) is 24.7. The molecule has 1 aromatic heterocycles. The summed E-state index contributed by atoms with van der Waals surface area (Å²) in [6, 6.07) is 12.8. The number of pyridine rings is 1. The van der Waals surface area contributed by atoms with Crippen LogP contribution in [0, 0.1) is 6.92 Å². The van der Waals surface area contributed by atoms with Gasteiger partial charge in [0.25, 0.3) is 17.4 Å². The lowest BCUT2D eigenvalue weighted by Gasteiger charge is -2.30. The van der Waals surface area contributed by atoms with Gasteiger partial charge in [0.05, 0.1) is 16.8 Å². The molecule has 1 saturated heterocycles. The third-order valence-electron chi connectivity index (χ3n) is 7.15. The van der Waals surface area contributed by atoms with Crippen LogP contribution in [0.25, 0.3) is 10.9 Å². The number of anilines is 1. The summed E-state index contributed by atoms with van der Waals surface area (Å²) in [5, 5.41) is 3.61. The highest BCUT2D eigenvalue weighted by atomic mass is 16.2. The summed E-state index contributed by atoms with van der Waals surface area (Å²) in [5.74, 6) is -0.157. The van der Waals surface area contributed by atoms with Crippen molar-refractivity contribution in [3.63, 3.8) is 0 Å². The van der Waals surface area contributed by atoms with Crippen LogP contribution < -0.4 is 15.8 Å². The average Bonchev–Trinajstić information content (AvgIpc) is 2.87. The van der Waals surface area contributed by atoms with Crippen LogP contribution in [0.4, 0.5) is 5.69 Å². The molecule has 1 aliphatic heterocycles. The fourth-order valence-electron chi connectivity index (χ4n) is 5.09. The van der Waals surface area contributed by atoms with Crippen molar-refractivity contribution in [1.29, 1.82) is 0 Å². The van der Waals surface area contributed by atoms with Crippen molar-refractivity contribution in [2.24, 2.45) is 0 Å². The molecule has 1 fully saturated rings. The standard InChI is InChI=1S/C28H34N4O3/c1-6-32-25-10-8-20(16-22(25)21(17-26(32)33)19-11-13-30(4)14-12-19)28(35)31(5)24-9-7-18(2)15-23(24)27(34)29-3/h7-10,15-17,19H,6,11-14H2,1-5H3,(H,29,34). The molecule has 184 valence electrons. The lowest BCUT2D eigenvalue weighted by molar-refractivity contribution is 0.0963. The van der Waals surface area contributed by atoms with E-state index < -0.39 is 0 Å². The SMILES string of the molecule is CCn1c(=O)cc(C2CCN(C)CC2)c2cc(C(=O)N(C)c3ccc(C)cc3C(=O)NC)ccc21. The zero-order chi connectivity index (χ0) is 25.3. The summed E-state index contributed by atoms with van der Waals surface area (Å²) >= 11 is 0. The van der Waals surface area contributed by atoms with E-state index in [1.807, 2.05) is 32.0 Å². The monoisotopic (exact) mass is 474 g/mol. The number of benzene rings is 2.